The lowest BCUT2D eigenvalue weighted by Gasteiger charge is -2.36. The van der Waals surface area contributed by atoms with Crippen molar-refractivity contribution < 1.29 is 32.7 Å². The number of para-hydroxylation sites is 1. The van der Waals surface area contributed by atoms with Gasteiger partial charge in [0.25, 0.3) is 11.8 Å². The second-order valence-corrected chi connectivity index (χ2v) is 13.6. The number of fused-ring (bicyclic) bond motifs is 1. The van der Waals surface area contributed by atoms with Gasteiger partial charge in [-0.05, 0) is 74.2 Å². The number of rotatable bonds is 13. The van der Waals surface area contributed by atoms with Crippen molar-refractivity contribution in [1.29, 1.82) is 0 Å². The number of aryl methyl sites for hydroxylation is 1. The molecule has 0 radical (unpaired) electrons. The number of carbonyl (C=O) groups excluding carboxylic acids is 3. The summed E-state index contributed by atoms with van der Waals surface area (Å²) in [4.78, 5) is 52.3. The average molecular weight is 650 g/mol. The third kappa shape index (κ3) is 8.09. The highest BCUT2D eigenvalue weighted by molar-refractivity contribution is 7.89. The Morgan fingerprint density at radius 2 is 1.70 bits per heavy atom. The van der Waals surface area contributed by atoms with Crippen molar-refractivity contribution in [3.63, 3.8) is 0 Å². The number of carboxylic acid groups (broad SMARTS) is 1. The number of carbonyl (C=O) groups is 4. The Kier molecular flexibility index (Phi) is 10.5. The van der Waals surface area contributed by atoms with Crippen molar-refractivity contribution in [2.24, 2.45) is 0 Å². The first kappa shape index (κ1) is 34.1. The highest BCUT2D eigenvalue weighted by Gasteiger charge is 2.39. The Morgan fingerprint density at radius 1 is 1.00 bits per heavy atom. The molecule has 0 saturated heterocycles. The average Bonchev–Trinajstić information content (AvgIpc) is 3.35. The van der Waals surface area contributed by atoms with Crippen LogP contribution in [0.5, 0.6) is 0 Å². The van der Waals surface area contributed by atoms with Crippen LogP contribution in [0.25, 0.3) is 0 Å². The number of nitrogens with zero attached hydrogens (tertiary/aromatic N) is 1. The molecule has 244 valence electrons. The summed E-state index contributed by atoms with van der Waals surface area (Å²) >= 11 is 0. The number of hydrogen-bond donors (Lipinski definition) is 5. The number of hydrogen-bond acceptors (Lipinski definition) is 6. The summed E-state index contributed by atoms with van der Waals surface area (Å²) in [7, 11) is -3.83. The van der Waals surface area contributed by atoms with E-state index in [4.69, 9.17) is 0 Å². The maximum absolute atomic E-state index is 13.6. The molecule has 0 spiro atoms. The molecule has 0 aromatic heterocycles. The van der Waals surface area contributed by atoms with E-state index in [9.17, 15) is 32.7 Å². The number of amides is 4. The van der Waals surface area contributed by atoms with Crippen LogP contribution in [0.1, 0.15) is 71.0 Å². The van der Waals surface area contributed by atoms with Crippen LogP contribution < -0.4 is 20.7 Å². The van der Waals surface area contributed by atoms with Gasteiger partial charge in [0.15, 0.2) is 0 Å². The van der Waals surface area contributed by atoms with E-state index in [1.807, 2.05) is 64.1 Å². The van der Waals surface area contributed by atoms with Crippen molar-refractivity contribution in [3.8, 4) is 0 Å². The minimum atomic E-state index is -3.83. The van der Waals surface area contributed by atoms with Crippen molar-refractivity contribution in [1.82, 2.24) is 14.9 Å². The second kappa shape index (κ2) is 14.1. The highest BCUT2D eigenvalue weighted by Crippen LogP contribution is 2.36. The zero-order valence-electron chi connectivity index (χ0n) is 26.2. The van der Waals surface area contributed by atoms with Crippen molar-refractivity contribution >= 4 is 45.2 Å². The number of anilines is 2. The Bertz CT molecular complexity index is 1740. The van der Waals surface area contributed by atoms with Gasteiger partial charge in [-0.25, -0.2) is 13.2 Å². The lowest BCUT2D eigenvalue weighted by Crippen LogP contribution is -2.49. The number of unbranched alkanes of at least 4 members (excludes halogenated alkanes) is 1. The zero-order valence-corrected chi connectivity index (χ0v) is 27.0. The molecular formula is C33H39N5O7S. The van der Waals surface area contributed by atoms with Crippen LogP contribution in [-0.2, 0) is 26.9 Å². The molecule has 1 atom stereocenters. The number of carboxylic acids is 1. The standard InChI is InChI=1S/C33H39N5O7S/c1-5-6-17-46(44,45)37-28(31(41)42)19-34-29(39)22-11-12-23-20-38(30(40)26(23)18-22)33(3,4)24-13-15-25(16-14-24)35-32(43)36-27-10-8-7-9-21(27)2/h7-16,18,28,37H,5-6,17,19-20H2,1-4H3,(H,34,39)(H,41,42)(H2,35,36,43)/t28-/m1/s1. The van der Waals surface area contributed by atoms with Crippen LogP contribution >= 0.6 is 0 Å². The van der Waals surface area contributed by atoms with Gasteiger partial charge in [-0.2, -0.15) is 4.72 Å². The van der Waals surface area contributed by atoms with Crippen LogP contribution in [0.3, 0.4) is 0 Å². The molecule has 0 saturated carbocycles. The van der Waals surface area contributed by atoms with Crippen LogP contribution in [0, 0.1) is 6.92 Å². The smallest absolute Gasteiger partial charge is 0.323 e. The fourth-order valence-corrected chi connectivity index (χ4v) is 6.50. The second-order valence-electron chi connectivity index (χ2n) is 11.7. The first-order chi connectivity index (χ1) is 21.7. The number of nitrogens with one attached hydrogen (secondary N) is 4. The van der Waals surface area contributed by atoms with E-state index >= 15 is 0 Å². The molecule has 0 fully saturated rings. The third-order valence-corrected chi connectivity index (χ3v) is 9.42. The molecule has 3 aromatic rings. The molecule has 0 unspecified atom stereocenters. The summed E-state index contributed by atoms with van der Waals surface area (Å²) in [6.07, 6.45) is 1.00. The van der Waals surface area contributed by atoms with E-state index in [1.54, 1.807) is 29.2 Å². The number of benzene rings is 3. The van der Waals surface area contributed by atoms with Gasteiger partial charge in [0, 0.05) is 35.6 Å². The van der Waals surface area contributed by atoms with Crippen LogP contribution in [-0.4, -0.2) is 60.6 Å². The Labute approximate surface area is 268 Å². The van der Waals surface area contributed by atoms with Gasteiger partial charge in [-0.3, -0.25) is 14.4 Å². The van der Waals surface area contributed by atoms with E-state index in [1.165, 1.54) is 6.07 Å². The van der Waals surface area contributed by atoms with E-state index < -0.39 is 40.0 Å². The monoisotopic (exact) mass is 649 g/mol. The van der Waals surface area contributed by atoms with Crippen LogP contribution in [0.15, 0.2) is 66.7 Å². The van der Waals surface area contributed by atoms with E-state index in [-0.39, 0.29) is 23.3 Å². The Hall–Kier alpha value is -4.75. The first-order valence-corrected chi connectivity index (χ1v) is 16.6. The topological polar surface area (TPSA) is 174 Å². The summed E-state index contributed by atoms with van der Waals surface area (Å²) in [6.45, 7) is 7.38. The lowest BCUT2D eigenvalue weighted by molar-refractivity contribution is -0.138. The van der Waals surface area contributed by atoms with Gasteiger partial charge >= 0.3 is 12.0 Å². The van der Waals surface area contributed by atoms with E-state index in [0.717, 1.165) is 16.7 Å². The predicted molar refractivity (Wildman–Crippen MR) is 175 cm³/mol. The summed E-state index contributed by atoms with van der Waals surface area (Å²) in [6, 6.07) is 17.4. The Balaban J connectivity index is 1.40. The maximum Gasteiger partial charge on any atom is 0.323 e. The normalized spacial score (nSPS) is 13.6. The fourth-order valence-electron chi connectivity index (χ4n) is 5.10. The molecule has 1 heterocycles. The SMILES string of the molecule is CCCCS(=O)(=O)N[C@H](CNC(=O)c1ccc2c(c1)C(=O)N(C(C)(C)c1ccc(NC(=O)Nc3ccccc3C)cc1)C2)C(=O)O. The molecule has 1 aliphatic rings. The van der Waals surface area contributed by atoms with Crippen LogP contribution in [0.2, 0.25) is 0 Å². The highest BCUT2D eigenvalue weighted by atomic mass is 32.2. The van der Waals surface area contributed by atoms with Gasteiger partial charge in [0.1, 0.15) is 6.04 Å². The third-order valence-electron chi connectivity index (χ3n) is 7.95. The lowest BCUT2D eigenvalue weighted by atomic mass is 9.92. The van der Waals surface area contributed by atoms with Crippen molar-refractivity contribution in [2.45, 2.75) is 58.7 Å². The molecule has 12 nitrogen and oxygen atoms in total. The van der Waals surface area contributed by atoms with Crippen molar-refractivity contribution in [3.05, 3.63) is 94.5 Å². The quantitative estimate of drug-likeness (QED) is 0.182. The van der Waals surface area contributed by atoms with Gasteiger partial charge in [0.2, 0.25) is 10.0 Å². The molecule has 0 bridgehead atoms. The van der Waals surface area contributed by atoms with Gasteiger partial charge in [-0.1, -0.05) is 49.7 Å². The first-order valence-electron chi connectivity index (χ1n) is 14.9. The summed E-state index contributed by atoms with van der Waals surface area (Å²) in [5.74, 6) is -2.55. The van der Waals surface area contributed by atoms with Crippen LogP contribution in [0.4, 0.5) is 16.2 Å². The molecule has 3 aromatic carbocycles. The summed E-state index contributed by atoms with van der Waals surface area (Å²) < 4.78 is 26.5. The molecule has 1 aliphatic heterocycles. The largest absolute Gasteiger partial charge is 0.480 e. The number of aliphatic carboxylic acids is 1. The summed E-state index contributed by atoms with van der Waals surface area (Å²) in [5, 5.41) is 17.6. The fraction of sp³-hybridized carbons (Fsp3) is 0.333. The molecule has 5 N–H and O–H groups in total. The van der Waals surface area contributed by atoms with Gasteiger partial charge in [-0.15, -0.1) is 0 Å². The molecule has 46 heavy (non-hydrogen) atoms. The molecule has 13 heteroatoms. The molecule has 4 rings (SSSR count). The zero-order chi connectivity index (χ0) is 33.6. The van der Waals surface area contributed by atoms with Crippen molar-refractivity contribution in [2.75, 3.05) is 22.9 Å². The maximum atomic E-state index is 13.6. The molecule has 0 aliphatic carbocycles. The summed E-state index contributed by atoms with van der Waals surface area (Å²) in [5.41, 5.74) is 3.53. The van der Waals surface area contributed by atoms with E-state index in [2.05, 4.69) is 20.7 Å². The molecular weight excluding hydrogens is 610 g/mol. The number of urea groups is 1. The predicted octanol–water partition coefficient (Wildman–Crippen LogP) is 4.43. The van der Waals surface area contributed by atoms with E-state index in [0.29, 0.717) is 36.3 Å². The van der Waals surface area contributed by atoms with Gasteiger partial charge < -0.3 is 26.0 Å². The Morgan fingerprint density at radius 3 is 2.35 bits per heavy atom. The minimum absolute atomic E-state index is 0.143. The minimum Gasteiger partial charge on any atom is -0.480 e. The number of sulfonamides is 1. The molecule has 4 amide bonds. The van der Waals surface area contributed by atoms with Gasteiger partial charge in [0.05, 0.1) is 11.3 Å².